The van der Waals surface area contributed by atoms with Gasteiger partial charge in [0.25, 0.3) is 11.8 Å². The maximum atomic E-state index is 13.2. The highest BCUT2D eigenvalue weighted by molar-refractivity contribution is 5.99. The predicted molar refractivity (Wildman–Crippen MR) is 117 cm³/mol. The van der Waals surface area contributed by atoms with Crippen LogP contribution >= 0.6 is 0 Å². The number of carbonyl (C=O) groups excluding carboxylic acids is 2. The third kappa shape index (κ3) is 4.80. The van der Waals surface area contributed by atoms with E-state index in [9.17, 15) is 14.0 Å². The quantitative estimate of drug-likeness (QED) is 0.610. The molecule has 0 radical (unpaired) electrons. The summed E-state index contributed by atoms with van der Waals surface area (Å²) >= 11 is 0. The van der Waals surface area contributed by atoms with Gasteiger partial charge in [-0.05, 0) is 48.0 Å². The minimum Gasteiger partial charge on any atom is -0.493 e. The van der Waals surface area contributed by atoms with Gasteiger partial charge in [0.1, 0.15) is 11.6 Å². The summed E-state index contributed by atoms with van der Waals surface area (Å²) in [6.07, 6.45) is 0. The molecular weight excluding hydrogens is 415 g/mol. The number of nitrogens with one attached hydrogen (secondary N) is 1. The van der Waals surface area contributed by atoms with Gasteiger partial charge in [-0.3, -0.25) is 9.59 Å². The zero-order valence-electron chi connectivity index (χ0n) is 17.3. The van der Waals surface area contributed by atoms with Crippen molar-refractivity contribution in [1.82, 2.24) is 0 Å². The second-order valence-corrected chi connectivity index (χ2v) is 7.07. The van der Waals surface area contributed by atoms with Crippen LogP contribution in [-0.4, -0.2) is 32.1 Å². The van der Waals surface area contributed by atoms with Crippen molar-refractivity contribution < 1.29 is 28.2 Å². The van der Waals surface area contributed by atoms with Crippen LogP contribution in [0.4, 0.5) is 15.8 Å². The molecule has 0 bridgehead atoms. The number of hydrogen-bond acceptors (Lipinski definition) is 5. The number of benzene rings is 3. The molecule has 1 aliphatic heterocycles. The zero-order chi connectivity index (χ0) is 22.5. The Morgan fingerprint density at radius 2 is 1.84 bits per heavy atom. The second-order valence-electron chi connectivity index (χ2n) is 7.07. The molecule has 0 spiro atoms. The van der Waals surface area contributed by atoms with E-state index in [0.29, 0.717) is 28.6 Å². The number of ether oxygens (including phenoxy) is 3. The largest absolute Gasteiger partial charge is 0.493 e. The van der Waals surface area contributed by atoms with Crippen LogP contribution in [0.5, 0.6) is 17.2 Å². The molecule has 0 atom stereocenters. The number of anilines is 2. The van der Waals surface area contributed by atoms with Crippen LogP contribution in [0.2, 0.25) is 0 Å². The van der Waals surface area contributed by atoms with Crippen LogP contribution in [0.25, 0.3) is 0 Å². The first kappa shape index (κ1) is 21.2. The Morgan fingerprint density at radius 1 is 1.09 bits per heavy atom. The predicted octanol–water partition coefficient (Wildman–Crippen LogP) is 3.78. The molecule has 0 aliphatic carbocycles. The van der Waals surface area contributed by atoms with Crippen LogP contribution in [0, 0.1) is 5.82 Å². The van der Waals surface area contributed by atoms with Crippen LogP contribution in [0.3, 0.4) is 0 Å². The van der Waals surface area contributed by atoms with Crippen LogP contribution in [-0.2, 0) is 16.1 Å². The van der Waals surface area contributed by atoms with Crippen molar-refractivity contribution in [1.29, 1.82) is 0 Å². The lowest BCUT2D eigenvalue weighted by atomic mass is 10.1. The highest BCUT2D eigenvalue weighted by Crippen LogP contribution is 2.35. The van der Waals surface area contributed by atoms with Crippen molar-refractivity contribution in [3.63, 3.8) is 0 Å². The standard InChI is InChI=1S/C24H21FN2O5/c1-30-21-4-2-3-5-22(21)31-14-23(28)26-18-10-11-20-19(12-18)27(24(29)15-32-20)13-16-6-8-17(25)9-7-16/h2-12H,13-15H2,1H3,(H,26,28). The topological polar surface area (TPSA) is 77.1 Å². The number of halogens is 1. The molecule has 0 unspecified atom stereocenters. The van der Waals surface area contributed by atoms with Gasteiger partial charge in [0.05, 0.1) is 19.3 Å². The maximum absolute atomic E-state index is 13.2. The number of carbonyl (C=O) groups is 2. The van der Waals surface area contributed by atoms with E-state index in [0.717, 1.165) is 5.56 Å². The van der Waals surface area contributed by atoms with E-state index in [1.807, 2.05) is 0 Å². The third-order valence-electron chi connectivity index (χ3n) is 4.87. The van der Waals surface area contributed by atoms with Gasteiger partial charge in [0.15, 0.2) is 24.7 Å². The van der Waals surface area contributed by atoms with E-state index >= 15 is 0 Å². The zero-order valence-corrected chi connectivity index (χ0v) is 17.3. The van der Waals surface area contributed by atoms with Gasteiger partial charge in [-0.25, -0.2) is 4.39 Å². The summed E-state index contributed by atoms with van der Waals surface area (Å²) in [5.74, 6) is 0.563. The van der Waals surface area contributed by atoms with Crippen molar-refractivity contribution in [3.05, 3.63) is 78.1 Å². The molecule has 0 fully saturated rings. The Balaban J connectivity index is 1.47. The normalized spacial score (nSPS) is 12.6. The monoisotopic (exact) mass is 436 g/mol. The number of amides is 2. The van der Waals surface area contributed by atoms with Gasteiger partial charge in [0.2, 0.25) is 0 Å². The highest BCUT2D eigenvalue weighted by atomic mass is 19.1. The fourth-order valence-electron chi connectivity index (χ4n) is 3.30. The van der Waals surface area contributed by atoms with Crippen molar-refractivity contribution >= 4 is 23.2 Å². The van der Waals surface area contributed by atoms with Gasteiger partial charge in [-0.1, -0.05) is 24.3 Å². The maximum Gasteiger partial charge on any atom is 0.265 e. The van der Waals surface area contributed by atoms with E-state index in [2.05, 4.69) is 5.32 Å². The molecule has 1 heterocycles. The lowest BCUT2D eigenvalue weighted by molar-refractivity contribution is -0.121. The Kier molecular flexibility index (Phi) is 6.21. The number of methoxy groups -OCH3 is 1. The van der Waals surface area contributed by atoms with E-state index in [-0.39, 0.29) is 37.4 Å². The van der Waals surface area contributed by atoms with Crippen molar-refractivity contribution in [3.8, 4) is 17.2 Å². The number of hydrogen-bond donors (Lipinski definition) is 1. The van der Waals surface area contributed by atoms with E-state index < -0.39 is 0 Å². The third-order valence-corrected chi connectivity index (χ3v) is 4.87. The van der Waals surface area contributed by atoms with Gasteiger partial charge in [-0.2, -0.15) is 0 Å². The second kappa shape index (κ2) is 9.38. The number of rotatable bonds is 7. The lowest BCUT2D eigenvalue weighted by Crippen LogP contribution is -2.38. The Morgan fingerprint density at radius 3 is 2.59 bits per heavy atom. The molecule has 2 amide bonds. The number of nitrogens with zero attached hydrogens (tertiary/aromatic N) is 1. The number of para-hydroxylation sites is 2. The SMILES string of the molecule is COc1ccccc1OCC(=O)Nc1ccc2c(c1)N(Cc1ccc(F)cc1)C(=O)CO2. The summed E-state index contributed by atoms with van der Waals surface area (Å²) in [5, 5.41) is 2.76. The number of fused-ring (bicyclic) bond motifs is 1. The first-order chi connectivity index (χ1) is 15.5. The summed E-state index contributed by atoms with van der Waals surface area (Å²) < 4.78 is 29.5. The Labute approximate surface area is 184 Å². The van der Waals surface area contributed by atoms with Gasteiger partial charge in [-0.15, -0.1) is 0 Å². The summed E-state index contributed by atoms with van der Waals surface area (Å²) in [6.45, 7) is -0.0530. The molecule has 4 rings (SSSR count). The van der Waals surface area contributed by atoms with Crippen LogP contribution in [0.15, 0.2) is 66.7 Å². The summed E-state index contributed by atoms with van der Waals surface area (Å²) in [6, 6.07) is 18.0. The first-order valence-electron chi connectivity index (χ1n) is 9.91. The average Bonchev–Trinajstić information content (AvgIpc) is 2.81. The fraction of sp³-hybridized carbons (Fsp3) is 0.167. The average molecular weight is 436 g/mol. The Bertz CT molecular complexity index is 1130. The Hall–Kier alpha value is -4.07. The van der Waals surface area contributed by atoms with Gasteiger partial charge in [0, 0.05) is 5.69 Å². The van der Waals surface area contributed by atoms with E-state index in [1.165, 1.54) is 19.2 Å². The minimum atomic E-state index is -0.371. The first-order valence-corrected chi connectivity index (χ1v) is 9.91. The summed E-state index contributed by atoms with van der Waals surface area (Å²) in [5.41, 5.74) is 1.78. The molecule has 3 aromatic carbocycles. The molecule has 3 aromatic rings. The highest BCUT2D eigenvalue weighted by Gasteiger charge is 2.26. The molecule has 7 nitrogen and oxygen atoms in total. The molecule has 164 valence electrons. The fourth-order valence-corrected chi connectivity index (χ4v) is 3.30. The smallest absolute Gasteiger partial charge is 0.265 e. The molecular formula is C24H21FN2O5. The van der Waals surface area contributed by atoms with Crippen LogP contribution in [0.1, 0.15) is 5.56 Å². The molecule has 0 saturated heterocycles. The van der Waals surface area contributed by atoms with Crippen molar-refractivity contribution in [2.24, 2.45) is 0 Å². The van der Waals surface area contributed by atoms with Crippen molar-refractivity contribution in [2.75, 3.05) is 30.5 Å². The molecule has 0 saturated carbocycles. The van der Waals surface area contributed by atoms with Gasteiger partial charge >= 0.3 is 0 Å². The minimum absolute atomic E-state index is 0.0906. The molecule has 32 heavy (non-hydrogen) atoms. The van der Waals surface area contributed by atoms with Crippen molar-refractivity contribution in [2.45, 2.75) is 6.54 Å². The summed E-state index contributed by atoms with van der Waals surface area (Å²) in [7, 11) is 1.52. The van der Waals surface area contributed by atoms with E-state index in [1.54, 1.807) is 59.5 Å². The molecule has 1 N–H and O–H groups in total. The summed E-state index contributed by atoms with van der Waals surface area (Å²) in [4.78, 5) is 26.4. The van der Waals surface area contributed by atoms with Gasteiger partial charge < -0.3 is 24.4 Å². The van der Waals surface area contributed by atoms with E-state index in [4.69, 9.17) is 14.2 Å². The molecule has 0 aromatic heterocycles. The lowest BCUT2D eigenvalue weighted by Gasteiger charge is -2.30. The van der Waals surface area contributed by atoms with Crippen LogP contribution < -0.4 is 24.4 Å². The molecule has 8 heteroatoms. The molecule has 1 aliphatic rings.